The summed E-state index contributed by atoms with van der Waals surface area (Å²) in [4.78, 5) is 24.5. The number of hydrogen-bond donors (Lipinski definition) is 1. The number of amides is 1. The topological polar surface area (TPSA) is 73.2 Å². The first-order valence-electron chi connectivity index (χ1n) is 9.62. The molecule has 1 fully saturated rings. The molecule has 0 unspecified atom stereocenters. The maximum atomic E-state index is 13.2. The molecule has 4 rings (SSSR count). The predicted octanol–water partition coefficient (Wildman–Crippen LogP) is 4.57. The zero-order valence-corrected chi connectivity index (χ0v) is 16.2. The summed E-state index contributed by atoms with van der Waals surface area (Å²) >= 11 is 0. The van der Waals surface area contributed by atoms with Gasteiger partial charge >= 0.3 is 6.18 Å². The molecule has 1 aromatic heterocycles. The maximum absolute atomic E-state index is 13.2. The van der Waals surface area contributed by atoms with Crippen molar-refractivity contribution in [1.29, 1.82) is 0 Å². The fraction of sp³-hybridized carbons (Fsp3) is 0.227. The molecule has 1 aliphatic rings. The molecular weight excluding hydrogens is 411 g/mol. The van der Waals surface area contributed by atoms with Gasteiger partial charge in [-0.15, -0.1) is 0 Å². The predicted molar refractivity (Wildman–Crippen MR) is 107 cm³/mol. The largest absolute Gasteiger partial charge is 0.457 e. The van der Waals surface area contributed by atoms with Crippen molar-refractivity contribution in [2.75, 3.05) is 5.32 Å². The van der Waals surface area contributed by atoms with Crippen LogP contribution in [0.4, 0.5) is 18.9 Å². The summed E-state index contributed by atoms with van der Waals surface area (Å²) < 4.78 is 45.9. The Labute approximate surface area is 175 Å². The van der Waals surface area contributed by atoms with Crippen molar-refractivity contribution in [3.63, 3.8) is 0 Å². The Morgan fingerprint density at radius 1 is 1.06 bits per heavy atom. The van der Waals surface area contributed by atoms with E-state index in [4.69, 9.17) is 4.74 Å². The SMILES string of the molecule is O=C(Cn1nc(C2CC2)cc(C(F)(F)F)c1=O)Nc1ccc(Oc2ccccc2)cc1. The third kappa shape index (κ3) is 5.11. The molecule has 1 heterocycles. The van der Waals surface area contributed by atoms with E-state index >= 15 is 0 Å². The first-order chi connectivity index (χ1) is 14.8. The molecule has 1 saturated carbocycles. The average molecular weight is 429 g/mol. The Balaban J connectivity index is 1.46. The molecule has 2 aromatic carbocycles. The van der Waals surface area contributed by atoms with Crippen molar-refractivity contribution in [3.05, 3.63) is 82.3 Å². The van der Waals surface area contributed by atoms with Gasteiger partial charge in [-0.3, -0.25) is 9.59 Å². The summed E-state index contributed by atoms with van der Waals surface area (Å²) in [6.45, 7) is -0.620. The Hall–Kier alpha value is -3.62. The van der Waals surface area contributed by atoms with E-state index in [9.17, 15) is 22.8 Å². The standard InChI is InChI=1S/C22H18F3N3O3/c23-22(24,25)18-12-19(14-6-7-14)27-28(21(18)30)13-20(29)26-15-8-10-17(11-9-15)31-16-4-2-1-3-5-16/h1-5,8-12,14H,6-7,13H2,(H,26,29). The van der Waals surface area contributed by atoms with Crippen LogP contribution in [0.2, 0.25) is 0 Å². The Morgan fingerprint density at radius 3 is 2.32 bits per heavy atom. The van der Waals surface area contributed by atoms with Crippen molar-refractivity contribution < 1.29 is 22.7 Å². The zero-order chi connectivity index (χ0) is 22.0. The number of alkyl halides is 3. The summed E-state index contributed by atoms with van der Waals surface area (Å²) in [6.07, 6.45) is -3.38. The van der Waals surface area contributed by atoms with Gasteiger partial charge in [-0.05, 0) is 55.3 Å². The van der Waals surface area contributed by atoms with Crippen molar-refractivity contribution >= 4 is 11.6 Å². The molecule has 6 nitrogen and oxygen atoms in total. The smallest absolute Gasteiger partial charge is 0.421 e. The summed E-state index contributed by atoms with van der Waals surface area (Å²) in [7, 11) is 0. The van der Waals surface area contributed by atoms with Crippen LogP contribution < -0.4 is 15.6 Å². The van der Waals surface area contributed by atoms with Gasteiger partial charge in [-0.25, -0.2) is 4.68 Å². The highest BCUT2D eigenvalue weighted by atomic mass is 19.4. The molecule has 1 N–H and O–H groups in total. The number of aromatic nitrogens is 2. The second-order valence-electron chi connectivity index (χ2n) is 7.21. The number of halogens is 3. The number of anilines is 1. The summed E-state index contributed by atoms with van der Waals surface area (Å²) in [5, 5.41) is 6.53. The lowest BCUT2D eigenvalue weighted by Gasteiger charge is -2.12. The van der Waals surface area contributed by atoms with E-state index in [1.54, 1.807) is 36.4 Å². The number of nitrogens with one attached hydrogen (secondary N) is 1. The van der Waals surface area contributed by atoms with Crippen LogP contribution in [0.1, 0.15) is 30.0 Å². The number of rotatable bonds is 6. The molecule has 0 atom stereocenters. The maximum Gasteiger partial charge on any atom is 0.421 e. The van der Waals surface area contributed by atoms with Crippen LogP contribution >= 0.6 is 0 Å². The lowest BCUT2D eigenvalue weighted by atomic mass is 10.2. The van der Waals surface area contributed by atoms with E-state index in [1.165, 1.54) is 0 Å². The first kappa shape index (κ1) is 20.6. The number of nitrogens with zero attached hydrogens (tertiary/aromatic N) is 2. The molecule has 3 aromatic rings. The van der Waals surface area contributed by atoms with Crippen LogP contribution in [0.5, 0.6) is 11.5 Å². The van der Waals surface area contributed by atoms with Crippen LogP contribution in [0.3, 0.4) is 0 Å². The lowest BCUT2D eigenvalue weighted by Crippen LogP contribution is -2.35. The van der Waals surface area contributed by atoms with E-state index in [0.29, 0.717) is 34.7 Å². The van der Waals surface area contributed by atoms with Gasteiger partial charge in [0.2, 0.25) is 5.91 Å². The first-order valence-corrected chi connectivity index (χ1v) is 9.62. The zero-order valence-electron chi connectivity index (χ0n) is 16.2. The number of hydrogen-bond acceptors (Lipinski definition) is 4. The van der Waals surface area contributed by atoms with Crippen LogP contribution in [-0.4, -0.2) is 15.7 Å². The fourth-order valence-electron chi connectivity index (χ4n) is 3.02. The van der Waals surface area contributed by atoms with Gasteiger partial charge in [-0.2, -0.15) is 18.3 Å². The number of ether oxygens (including phenoxy) is 1. The van der Waals surface area contributed by atoms with Crippen molar-refractivity contribution in [3.8, 4) is 11.5 Å². The average Bonchev–Trinajstić information content (AvgIpc) is 3.56. The van der Waals surface area contributed by atoms with Crippen LogP contribution in [0, 0.1) is 0 Å². The van der Waals surface area contributed by atoms with Crippen molar-refractivity contribution in [2.45, 2.75) is 31.5 Å². The second-order valence-corrected chi connectivity index (χ2v) is 7.21. The highest BCUT2D eigenvalue weighted by Crippen LogP contribution is 2.40. The van der Waals surface area contributed by atoms with Gasteiger partial charge in [0.05, 0.1) is 5.69 Å². The van der Waals surface area contributed by atoms with E-state index < -0.39 is 29.8 Å². The molecule has 0 radical (unpaired) electrons. The second kappa shape index (κ2) is 8.25. The molecule has 160 valence electrons. The van der Waals surface area contributed by atoms with Gasteiger partial charge in [0.25, 0.3) is 5.56 Å². The van der Waals surface area contributed by atoms with E-state index in [-0.39, 0.29) is 11.6 Å². The number of carbonyl (C=O) groups is 1. The molecule has 0 bridgehead atoms. The quantitative estimate of drug-likeness (QED) is 0.623. The molecule has 1 amide bonds. The third-order valence-corrected chi connectivity index (χ3v) is 4.70. The van der Waals surface area contributed by atoms with E-state index in [0.717, 1.165) is 6.07 Å². The van der Waals surface area contributed by atoms with Crippen LogP contribution in [-0.2, 0) is 17.5 Å². The molecule has 31 heavy (non-hydrogen) atoms. The fourth-order valence-corrected chi connectivity index (χ4v) is 3.02. The monoisotopic (exact) mass is 429 g/mol. The van der Waals surface area contributed by atoms with Gasteiger partial charge in [0.15, 0.2) is 0 Å². The highest BCUT2D eigenvalue weighted by molar-refractivity contribution is 5.90. The van der Waals surface area contributed by atoms with Gasteiger partial charge in [0.1, 0.15) is 23.6 Å². The molecule has 0 spiro atoms. The number of benzene rings is 2. The summed E-state index contributed by atoms with van der Waals surface area (Å²) in [5.41, 5.74) is -2.05. The van der Waals surface area contributed by atoms with Crippen molar-refractivity contribution in [2.24, 2.45) is 0 Å². The van der Waals surface area contributed by atoms with Crippen LogP contribution in [0.15, 0.2) is 65.5 Å². The van der Waals surface area contributed by atoms with Crippen LogP contribution in [0.25, 0.3) is 0 Å². The normalized spacial score (nSPS) is 13.6. The van der Waals surface area contributed by atoms with Crippen molar-refractivity contribution in [1.82, 2.24) is 9.78 Å². The number of para-hydroxylation sites is 1. The Kier molecular flexibility index (Phi) is 5.50. The van der Waals surface area contributed by atoms with Gasteiger partial charge in [-0.1, -0.05) is 18.2 Å². The molecule has 0 aliphatic heterocycles. The summed E-state index contributed by atoms with van der Waals surface area (Å²) in [5.74, 6) is 0.440. The van der Waals surface area contributed by atoms with Gasteiger partial charge < -0.3 is 10.1 Å². The lowest BCUT2D eigenvalue weighted by molar-refractivity contribution is -0.139. The van der Waals surface area contributed by atoms with E-state index in [1.807, 2.05) is 18.2 Å². The Morgan fingerprint density at radius 2 is 1.71 bits per heavy atom. The highest BCUT2D eigenvalue weighted by Gasteiger charge is 2.37. The molecule has 1 aliphatic carbocycles. The molecular formula is C22H18F3N3O3. The number of carbonyl (C=O) groups excluding carboxylic acids is 1. The molecule has 0 saturated heterocycles. The minimum atomic E-state index is -4.81. The Bertz CT molecular complexity index is 1140. The summed E-state index contributed by atoms with van der Waals surface area (Å²) in [6, 6.07) is 16.4. The molecule has 9 heteroatoms. The van der Waals surface area contributed by atoms with Gasteiger partial charge in [0, 0.05) is 11.6 Å². The minimum absolute atomic E-state index is 0.104. The third-order valence-electron chi connectivity index (χ3n) is 4.70. The minimum Gasteiger partial charge on any atom is -0.457 e. The van der Waals surface area contributed by atoms with E-state index in [2.05, 4.69) is 10.4 Å².